The average molecular weight is 416 g/mol. The first kappa shape index (κ1) is 20.1. The van der Waals surface area contributed by atoms with Gasteiger partial charge in [0, 0.05) is 40.5 Å². The number of fused-ring (bicyclic) bond motifs is 3. The maximum Gasteiger partial charge on any atom is 0.277 e. The lowest BCUT2D eigenvalue weighted by molar-refractivity contribution is -0.384. The van der Waals surface area contributed by atoms with Gasteiger partial charge >= 0.3 is 0 Å². The van der Waals surface area contributed by atoms with Gasteiger partial charge in [-0.2, -0.15) is 5.10 Å². The third-order valence-electron chi connectivity index (χ3n) is 4.93. The highest BCUT2D eigenvalue weighted by Crippen LogP contribution is 2.29. The predicted octanol–water partition coefficient (Wildman–Crippen LogP) is 4.25. The molecule has 1 heterocycles. The molecule has 1 amide bonds. The molecule has 0 aliphatic rings. The highest BCUT2D eigenvalue weighted by atomic mass is 16.6. The number of nitro benzene ring substituents is 1. The van der Waals surface area contributed by atoms with Crippen LogP contribution < -0.4 is 10.2 Å². The quantitative estimate of drug-likeness (QED) is 0.277. The van der Waals surface area contributed by atoms with Gasteiger partial charge in [-0.1, -0.05) is 24.3 Å². The van der Waals surface area contributed by atoms with Gasteiger partial charge in [0.1, 0.15) is 5.75 Å². The first-order valence-corrected chi connectivity index (χ1v) is 9.77. The number of hydrogen-bond acceptors (Lipinski definition) is 5. The molecular weight excluding hydrogens is 396 g/mol. The number of benzene rings is 3. The molecule has 0 radical (unpaired) electrons. The summed E-state index contributed by atoms with van der Waals surface area (Å²) in [5.41, 5.74) is 5.59. The van der Waals surface area contributed by atoms with Crippen molar-refractivity contribution in [2.75, 3.05) is 6.61 Å². The summed E-state index contributed by atoms with van der Waals surface area (Å²) < 4.78 is 7.58. The number of aromatic nitrogens is 1. The molecule has 0 bridgehead atoms. The molecule has 0 unspecified atom stereocenters. The number of amides is 1. The SMILES string of the molecule is CCn1c2ccccc2c2cc(/C=N/NC(=O)COc3ccc([N+](=O)[O-])cc3)ccc21. The van der Waals surface area contributed by atoms with Crippen LogP contribution in [0.15, 0.2) is 71.8 Å². The van der Waals surface area contributed by atoms with E-state index < -0.39 is 10.8 Å². The molecular formula is C23H20N4O4. The predicted molar refractivity (Wildman–Crippen MR) is 119 cm³/mol. The summed E-state index contributed by atoms with van der Waals surface area (Å²) in [4.78, 5) is 22.1. The number of nitro groups is 1. The number of carbonyl (C=O) groups is 1. The number of non-ortho nitro benzene ring substituents is 1. The van der Waals surface area contributed by atoms with Gasteiger partial charge < -0.3 is 9.30 Å². The standard InChI is InChI=1S/C23H20N4O4/c1-2-26-21-6-4-3-5-19(21)20-13-16(7-12-22(20)26)14-24-25-23(28)15-31-18-10-8-17(9-11-18)27(29)30/h3-14H,2,15H2,1H3,(H,25,28)/b24-14+. The molecule has 4 aromatic rings. The van der Waals surface area contributed by atoms with E-state index in [4.69, 9.17) is 4.74 Å². The van der Waals surface area contributed by atoms with Gasteiger partial charge in [0.05, 0.1) is 11.1 Å². The Balaban J connectivity index is 1.41. The molecule has 1 aromatic heterocycles. The normalized spacial score (nSPS) is 11.3. The molecule has 31 heavy (non-hydrogen) atoms. The summed E-state index contributed by atoms with van der Waals surface area (Å²) in [6, 6.07) is 19.8. The van der Waals surface area contributed by atoms with E-state index in [0.29, 0.717) is 5.75 Å². The van der Waals surface area contributed by atoms with Crippen molar-refractivity contribution >= 4 is 39.6 Å². The van der Waals surface area contributed by atoms with E-state index in [9.17, 15) is 14.9 Å². The van der Waals surface area contributed by atoms with Gasteiger partial charge in [-0.3, -0.25) is 14.9 Å². The summed E-state index contributed by atoms with van der Waals surface area (Å²) in [7, 11) is 0. The van der Waals surface area contributed by atoms with Gasteiger partial charge in [-0.25, -0.2) is 5.43 Å². The number of nitrogens with zero attached hydrogens (tertiary/aromatic N) is 3. The van der Waals surface area contributed by atoms with E-state index in [-0.39, 0.29) is 12.3 Å². The van der Waals surface area contributed by atoms with Crippen molar-refractivity contribution in [3.8, 4) is 5.75 Å². The Morgan fingerprint density at radius 1 is 1.10 bits per heavy atom. The highest BCUT2D eigenvalue weighted by Gasteiger charge is 2.09. The molecule has 156 valence electrons. The zero-order valence-electron chi connectivity index (χ0n) is 16.8. The number of para-hydroxylation sites is 1. The van der Waals surface area contributed by atoms with E-state index in [1.807, 2.05) is 24.3 Å². The van der Waals surface area contributed by atoms with Gasteiger partial charge in [0.15, 0.2) is 6.61 Å². The fourth-order valence-corrected chi connectivity index (χ4v) is 3.52. The molecule has 1 N–H and O–H groups in total. The Bertz CT molecular complexity index is 1290. The van der Waals surface area contributed by atoms with Gasteiger partial charge in [0.2, 0.25) is 0 Å². The molecule has 4 rings (SSSR count). The zero-order valence-corrected chi connectivity index (χ0v) is 16.8. The van der Waals surface area contributed by atoms with Crippen molar-refractivity contribution in [1.82, 2.24) is 9.99 Å². The van der Waals surface area contributed by atoms with Crippen LogP contribution in [0.25, 0.3) is 21.8 Å². The minimum absolute atomic E-state index is 0.0413. The third-order valence-corrected chi connectivity index (χ3v) is 4.93. The van der Waals surface area contributed by atoms with Gasteiger partial charge in [0.25, 0.3) is 11.6 Å². The fourth-order valence-electron chi connectivity index (χ4n) is 3.52. The van der Waals surface area contributed by atoms with Crippen molar-refractivity contribution in [3.63, 3.8) is 0 Å². The van der Waals surface area contributed by atoms with Crippen LogP contribution in [0.4, 0.5) is 5.69 Å². The maximum absolute atomic E-state index is 11.9. The van der Waals surface area contributed by atoms with Crippen LogP contribution in [0.3, 0.4) is 0 Å². The third kappa shape index (κ3) is 4.23. The Morgan fingerprint density at radius 2 is 1.84 bits per heavy atom. The largest absolute Gasteiger partial charge is 0.484 e. The van der Waals surface area contributed by atoms with E-state index in [0.717, 1.165) is 23.0 Å². The molecule has 0 aliphatic heterocycles. The van der Waals surface area contributed by atoms with Crippen molar-refractivity contribution in [2.24, 2.45) is 5.10 Å². The van der Waals surface area contributed by atoms with E-state index >= 15 is 0 Å². The number of rotatable bonds is 7. The Hall–Kier alpha value is -4.20. The summed E-state index contributed by atoms with van der Waals surface area (Å²) in [5.74, 6) is -0.0687. The molecule has 3 aromatic carbocycles. The second-order valence-corrected chi connectivity index (χ2v) is 6.87. The van der Waals surface area contributed by atoms with E-state index in [1.54, 1.807) is 6.21 Å². The molecule has 0 fully saturated rings. The van der Waals surface area contributed by atoms with Crippen LogP contribution in [0.2, 0.25) is 0 Å². The monoisotopic (exact) mass is 416 g/mol. The molecule has 0 spiro atoms. The summed E-state index contributed by atoms with van der Waals surface area (Å²) >= 11 is 0. The van der Waals surface area contributed by atoms with Crippen LogP contribution in [0, 0.1) is 10.1 Å². The minimum Gasteiger partial charge on any atom is -0.484 e. The number of carbonyl (C=O) groups excluding carboxylic acids is 1. The maximum atomic E-state index is 11.9. The zero-order chi connectivity index (χ0) is 21.8. The van der Waals surface area contributed by atoms with Crippen LogP contribution in [0.1, 0.15) is 12.5 Å². The van der Waals surface area contributed by atoms with Crippen LogP contribution in [0.5, 0.6) is 5.75 Å². The van der Waals surface area contributed by atoms with E-state index in [2.05, 4.69) is 40.2 Å². The van der Waals surface area contributed by atoms with Gasteiger partial charge in [-0.05, 0) is 42.8 Å². The highest BCUT2D eigenvalue weighted by molar-refractivity contribution is 6.09. The van der Waals surface area contributed by atoms with Crippen molar-refractivity contribution in [1.29, 1.82) is 0 Å². The molecule has 0 atom stereocenters. The van der Waals surface area contributed by atoms with Crippen LogP contribution >= 0.6 is 0 Å². The summed E-state index contributed by atoms with van der Waals surface area (Å²) in [6.45, 7) is 2.75. The molecule has 8 heteroatoms. The topological polar surface area (TPSA) is 98.8 Å². The van der Waals surface area contributed by atoms with Gasteiger partial charge in [-0.15, -0.1) is 0 Å². The first-order valence-electron chi connectivity index (χ1n) is 9.77. The first-order chi connectivity index (χ1) is 15.1. The lowest BCUT2D eigenvalue weighted by Gasteiger charge is -2.04. The smallest absolute Gasteiger partial charge is 0.277 e. The summed E-state index contributed by atoms with van der Waals surface area (Å²) in [6.07, 6.45) is 1.58. The molecule has 0 saturated heterocycles. The average Bonchev–Trinajstić information content (AvgIpc) is 3.11. The Kier molecular flexibility index (Phi) is 5.61. The van der Waals surface area contributed by atoms with Crippen molar-refractivity contribution in [2.45, 2.75) is 13.5 Å². The number of hydrazone groups is 1. The second-order valence-electron chi connectivity index (χ2n) is 6.87. The Labute approximate surface area is 177 Å². The lowest BCUT2D eigenvalue weighted by Crippen LogP contribution is -2.24. The number of ether oxygens (including phenoxy) is 1. The molecule has 8 nitrogen and oxygen atoms in total. The number of aryl methyl sites for hydroxylation is 1. The number of hydrogen-bond donors (Lipinski definition) is 1. The van der Waals surface area contributed by atoms with E-state index in [1.165, 1.54) is 35.2 Å². The van der Waals surface area contributed by atoms with Crippen LogP contribution in [-0.4, -0.2) is 28.2 Å². The fraction of sp³-hybridized carbons (Fsp3) is 0.130. The molecule has 0 saturated carbocycles. The van der Waals surface area contributed by atoms with Crippen molar-refractivity contribution < 1.29 is 14.5 Å². The molecule has 0 aliphatic carbocycles. The minimum atomic E-state index is -0.497. The Morgan fingerprint density at radius 3 is 2.58 bits per heavy atom. The summed E-state index contributed by atoms with van der Waals surface area (Å²) in [5, 5.41) is 17.0. The van der Waals surface area contributed by atoms with Crippen LogP contribution in [-0.2, 0) is 11.3 Å². The van der Waals surface area contributed by atoms with Crippen molar-refractivity contribution in [3.05, 3.63) is 82.4 Å². The second kappa shape index (κ2) is 8.66. The lowest BCUT2D eigenvalue weighted by atomic mass is 10.1. The number of nitrogens with one attached hydrogen (secondary N) is 1.